The molecule has 1 saturated heterocycles. The monoisotopic (exact) mass is 362 g/mol. The van der Waals surface area contributed by atoms with E-state index in [1.165, 1.54) is 11.8 Å². The van der Waals surface area contributed by atoms with E-state index < -0.39 is 0 Å². The molecule has 0 aromatic heterocycles. The van der Waals surface area contributed by atoms with Gasteiger partial charge in [0.25, 0.3) is 0 Å². The van der Waals surface area contributed by atoms with Gasteiger partial charge in [-0.15, -0.1) is 11.8 Å². The number of nitrogens with one attached hydrogen (secondary N) is 1. The number of amides is 1. The first-order valence-corrected chi connectivity index (χ1v) is 9.17. The molecule has 0 aliphatic carbocycles. The largest absolute Gasteiger partial charge is 0.508 e. The van der Waals surface area contributed by atoms with Crippen LogP contribution in [0.2, 0.25) is 5.02 Å². The third-order valence-electron chi connectivity index (χ3n) is 4.00. The predicted octanol–water partition coefficient (Wildman–Crippen LogP) is 3.31. The first kappa shape index (κ1) is 17.1. The molecule has 6 heteroatoms. The van der Waals surface area contributed by atoms with Crippen molar-refractivity contribution in [2.75, 3.05) is 25.4 Å². The first-order chi connectivity index (χ1) is 11.6. The normalized spacial score (nSPS) is 17.7. The molecule has 1 unspecified atom stereocenters. The van der Waals surface area contributed by atoms with Crippen LogP contribution in [0.15, 0.2) is 53.4 Å². The van der Waals surface area contributed by atoms with E-state index in [1.807, 2.05) is 41.3 Å². The summed E-state index contributed by atoms with van der Waals surface area (Å²) in [5, 5.41) is 13.3. The number of hydrogen-bond donors (Lipinski definition) is 2. The van der Waals surface area contributed by atoms with Crippen molar-refractivity contribution >= 4 is 29.3 Å². The average Bonchev–Trinajstić information content (AvgIpc) is 2.61. The number of benzene rings is 2. The predicted molar refractivity (Wildman–Crippen MR) is 97.6 cm³/mol. The smallest absolute Gasteiger partial charge is 0.233 e. The number of carbonyl (C=O) groups excluding carboxylic acids is 1. The highest BCUT2D eigenvalue weighted by Gasteiger charge is 2.27. The third-order valence-corrected chi connectivity index (χ3v) is 5.23. The number of halogens is 1. The fourth-order valence-electron chi connectivity index (χ4n) is 2.78. The van der Waals surface area contributed by atoms with Crippen LogP contribution < -0.4 is 5.32 Å². The Balaban J connectivity index is 1.68. The van der Waals surface area contributed by atoms with Crippen LogP contribution >= 0.6 is 23.4 Å². The Kier molecular flexibility index (Phi) is 5.66. The van der Waals surface area contributed by atoms with Gasteiger partial charge in [0.1, 0.15) is 5.75 Å². The van der Waals surface area contributed by atoms with Gasteiger partial charge in [-0.2, -0.15) is 0 Å². The number of phenols is 1. The molecule has 1 heterocycles. The molecule has 0 spiro atoms. The van der Waals surface area contributed by atoms with E-state index in [1.54, 1.807) is 12.1 Å². The van der Waals surface area contributed by atoms with Gasteiger partial charge in [0.05, 0.1) is 11.8 Å². The summed E-state index contributed by atoms with van der Waals surface area (Å²) in [7, 11) is 0. The second-order valence-corrected chi connectivity index (χ2v) is 7.13. The van der Waals surface area contributed by atoms with Gasteiger partial charge >= 0.3 is 0 Å². The molecule has 24 heavy (non-hydrogen) atoms. The summed E-state index contributed by atoms with van der Waals surface area (Å²) in [6.45, 7) is 2.22. The molecule has 1 fully saturated rings. The highest BCUT2D eigenvalue weighted by Crippen LogP contribution is 2.27. The molecule has 4 nitrogen and oxygen atoms in total. The first-order valence-electron chi connectivity index (χ1n) is 7.81. The summed E-state index contributed by atoms with van der Waals surface area (Å²) in [5.74, 6) is 0.718. The third kappa shape index (κ3) is 4.23. The van der Waals surface area contributed by atoms with Crippen molar-refractivity contribution in [3.63, 3.8) is 0 Å². The van der Waals surface area contributed by atoms with E-state index in [0.29, 0.717) is 17.3 Å². The van der Waals surface area contributed by atoms with Gasteiger partial charge in [-0.25, -0.2) is 0 Å². The van der Waals surface area contributed by atoms with Gasteiger partial charge in [-0.1, -0.05) is 23.7 Å². The maximum absolute atomic E-state index is 12.7. The topological polar surface area (TPSA) is 52.6 Å². The number of piperazine rings is 1. The van der Waals surface area contributed by atoms with Crippen molar-refractivity contribution in [3.05, 3.63) is 59.1 Å². The summed E-state index contributed by atoms with van der Waals surface area (Å²) in [6, 6.07) is 14.6. The second-order valence-electron chi connectivity index (χ2n) is 5.64. The molecule has 1 amide bonds. The van der Waals surface area contributed by atoms with E-state index in [4.69, 9.17) is 11.6 Å². The number of rotatable bonds is 4. The molecule has 0 radical (unpaired) electrons. The highest BCUT2D eigenvalue weighted by molar-refractivity contribution is 8.00. The standard InChI is InChI=1S/C18H19ClN2O2S/c19-14-3-1-2-13(10-14)17-11-20-8-9-21(17)18(23)12-24-16-6-4-15(22)5-7-16/h1-7,10,17,20,22H,8-9,11-12H2. The van der Waals surface area contributed by atoms with E-state index in [0.717, 1.165) is 23.5 Å². The van der Waals surface area contributed by atoms with Gasteiger partial charge in [0.15, 0.2) is 0 Å². The van der Waals surface area contributed by atoms with Crippen molar-refractivity contribution in [2.45, 2.75) is 10.9 Å². The summed E-state index contributed by atoms with van der Waals surface area (Å²) in [6.07, 6.45) is 0. The number of hydrogen-bond acceptors (Lipinski definition) is 4. The maximum Gasteiger partial charge on any atom is 0.233 e. The lowest BCUT2D eigenvalue weighted by Gasteiger charge is -2.36. The number of thioether (sulfide) groups is 1. The van der Waals surface area contributed by atoms with E-state index >= 15 is 0 Å². The van der Waals surface area contributed by atoms with Crippen molar-refractivity contribution in [1.29, 1.82) is 0 Å². The van der Waals surface area contributed by atoms with Crippen molar-refractivity contribution in [1.82, 2.24) is 10.2 Å². The van der Waals surface area contributed by atoms with Crippen LogP contribution in [-0.4, -0.2) is 41.3 Å². The molecule has 2 N–H and O–H groups in total. The lowest BCUT2D eigenvalue weighted by molar-refractivity contribution is -0.131. The van der Waals surface area contributed by atoms with Crippen molar-refractivity contribution < 1.29 is 9.90 Å². The molecule has 2 aromatic carbocycles. The molecule has 3 rings (SSSR count). The molecule has 126 valence electrons. The zero-order chi connectivity index (χ0) is 16.9. The van der Waals surface area contributed by atoms with Crippen LogP contribution in [0.5, 0.6) is 5.75 Å². The van der Waals surface area contributed by atoms with Gasteiger partial charge in [-0.3, -0.25) is 4.79 Å². The Morgan fingerprint density at radius 3 is 2.83 bits per heavy atom. The molecule has 2 aromatic rings. The Morgan fingerprint density at radius 1 is 1.29 bits per heavy atom. The van der Waals surface area contributed by atoms with E-state index in [9.17, 15) is 9.90 Å². The number of nitrogens with zero attached hydrogens (tertiary/aromatic N) is 1. The van der Waals surface area contributed by atoms with Crippen LogP contribution in [-0.2, 0) is 4.79 Å². The van der Waals surface area contributed by atoms with Crippen molar-refractivity contribution in [3.8, 4) is 5.75 Å². The van der Waals surface area contributed by atoms with E-state index in [2.05, 4.69) is 5.32 Å². The van der Waals surface area contributed by atoms with Crippen LogP contribution in [0.3, 0.4) is 0 Å². The number of carbonyl (C=O) groups is 1. The second kappa shape index (κ2) is 7.92. The van der Waals surface area contributed by atoms with Crippen LogP contribution in [0.25, 0.3) is 0 Å². The summed E-state index contributed by atoms with van der Waals surface area (Å²) < 4.78 is 0. The fraction of sp³-hybridized carbons (Fsp3) is 0.278. The van der Waals surface area contributed by atoms with Gasteiger partial charge in [-0.05, 0) is 42.0 Å². The molecular formula is C18H19ClN2O2S. The highest BCUT2D eigenvalue weighted by atomic mass is 35.5. The maximum atomic E-state index is 12.7. The zero-order valence-corrected chi connectivity index (χ0v) is 14.7. The molecule has 0 bridgehead atoms. The Bertz CT molecular complexity index is 708. The summed E-state index contributed by atoms with van der Waals surface area (Å²) in [5.41, 5.74) is 1.05. The van der Waals surface area contributed by atoms with Crippen LogP contribution in [0.4, 0.5) is 0 Å². The number of phenolic OH excluding ortho intramolecular Hbond substituents is 1. The van der Waals surface area contributed by atoms with Crippen LogP contribution in [0, 0.1) is 0 Å². The Hall–Kier alpha value is -1.69. The van der Waals surface area contributed by atoms with Crippen molar-refractivity contribution in [2.24, 2.45) is 0 Å². The molecular weight excluding hydrogens is 344 g/mol. The molecule has 1 atom stereocenters. The Morgan fingerprint density at radius 2 is 2.08 bits per heavy atom. The lowest BCUT2D eigenvalue weighted by atomic mass is 10.0. The Labute approximate surface area is 150 Å². The fourth-order valence-corrected chi connectivity index (χ4v) is 3.77. The lowest BCUT2D eigenvalue weighted by Crippen LogP contribution is -2.49. The minimum Gasteiger partial charge on any atom is -0.508 e. The minimum atomic E-state index is 0.00497. The van der Waals surface area contributed by atoms with Gasteiger partial charge < -0.3 is 15.3 Å². The van der Waals surface area contributed by atoms with Gasteiger partial charge in [0, 0.05) is 29.6 Å². The van der Waals surface area contributed by atoms with Gasteiger partial charge in [0.2, 0.25) is 5.91 Å². The molecule has 1 aliphatic rings. The summed E-state index contributed by atoms with van der Waals surface area (Å²) >= 11 is 7.58. The summed E-state index contributed by atoms with van der Waals surface area (Å²) in [4.78, 5) is 15.6. The SMILES string of the molecule is O=C(CSc1ccc(O)cc1)N1CCNCC1c1cccc(Cl)c1. The molecule has 0 saturated carbocycles. The average molecular weight is 363 g/mol. The molecule has 1 aliphatic heterocycles. The zero-order valence-electron chi connectivity index (χ0n) is 13.1. The van der Waals surface area contributed by atoms with E-state index in [-0.39, 0.29) is 17.7 Å². The van der Waals surface area contributed by atoms with Crippen LogP contribution in [0.1, 0.15) is 11.6 Å². The minimum absolute atomic E-state index is 0.00497. The quantitative estimate of drug-likeness (QED) is 0.819. The number of aromatic hydroxyl groups is 1.